The Labute approximate surface area is 162 Å². The monoisotopic (exact) mass is 376 g/mol. The Morgan fingerprint density at radius 1 is 1.22 bits per heavy atom. The molecule has 150 valence electrons. The number of methoxy groups -OCH3 is 1. The molecule has 6 heteroatoms. The normalized spacial score (nSPS) is 18.1. The SMILES string of the molecule is COc1cc(CNC(=O)CCNC(=O)C2CC2C)ccc1OCCC(C)C. The van der Waals surface area contributed by atoms with Crippen molar-refractivity contribution in [3.8, 4) is 11.5 Å². The molecule has 2 rings (SSSR count). The maximum absolute atomic E-state index is 12.0. The average Bonchev–Trinajstić information content (AvgIpc) is 3.37. The summed E-state index contributed by atoms with van der Waals surface area (Å²) < 4.78 is 11.2. The Balaban J connectivity index is 1.72. The van der Waals surface area contributed by atoms with Gasteiger partial charge in [0, 0.05) is 25.4 Å². The molecular formula is C21H32N2O4. The summed E-state index contributed by atoms with van der Waals surface area (Å²) in [5, 5.41) is 5.69. The summed E-state index contributed by atoms with van der Waals surface area (Å²) in [6.07, 6.45) is 2.22. The van der Waals surface area contributed by atoms with Gasteiger partial charge in [0.2, 0.25) is 11.8 Å². The topological polar surface area (TPSA) is 76.7 Å². The van der Waals surface area contributed by atoms with Crippen LogP contribution in [0.1, 0.15) is 45.6 Å². The van der Waals surface area contributed by atoms with Crippen LogP contribution >= 0.6 is 0 Å². The van der Waals surface area contributed by atoms with Gasteiger partial charge in [-0.25, -0.2) is 0 Å². The molecule has 0 aliphatic heterocycles. The van der Waals surface area contributed by atoms with Crippen LogP contribution in [0, 0.1) is 17.8 Å². The van der Waals surface area contributed by atoms with Gasteiger partial charge in [-0.2, -0.15) is 0 Å². The van der Waals surface area contributed by atoms with Gasteiger partial charge in [0.25, 0.3) is 0 Å². The van der Waals surface area contributed by atoms with Crippen LogP contribution in [0.4, 0.5) is 0 Å². The molecule has 0 spiro atoms. The quantitative estimate of drug-likeness (QED) is 0.623. The minimum absolute atomic E-state index is 0.0630. The van der Waals surface area contributed by atoms with Crippen molar-refractivity contribution in [2.24, 2.45) is 17.8 Å². The molecule has 1 aromatic rings. The van der Waals surface area contributed by atoms with Crippen LogP contribution in [0.3, 0.4) is 0 Å². The molecule has 1 aliphatic carbocycles. The first kappa shape index (κ1) is 21.1. The molecule has 6 nitrogen and oxygen atoms in total. The Kier molecular flexibility index (Phi) is 7.95. The first-order valence-corrected chi connectivity index (χ1v) is 9.74. The van der Waals surface area contributed by atoms with E-state index in [9.17, 15) is 9.59 Å². The second-order valence-electron chi connectivity index (χ2n) is 7.65. The van der Waals surface area contributed by atoms with E-state index in [-0.39, 0.29) is 24.2 Å². The van der Waals surface area contributed by atoms with Gasteiger partial charge in [-0.3, -0.25) is 9.59 Å². The lowest BCUT2D eigenvalue weighted by Crippen LogP contribution is -2.31. The minimum Gasteiger partial charge on any atom is -0.493 e. The molecule has 1 saturated carbocycles. The Morgan fingerprint density at radius 2 is 1.96 bits per heavy atom. The van der Waals surface area contributed by atoms with Crippen LogP contribution in [0.5, 0.6) is 11.5 Å². The van der Waals surface area contributed by atoms with Crippen LogP contribution in [0.25, 0.3) is 0 Å². The smallest absolute Gasteiger partial charge is 0.223 e. The van der Waals surface area contributed by atoms with Crippen LogP contribution < -0.4 is 20.1 Å². The number of amides is 2. The van der Waals surface area contributed by atoms with Gasteiger partial charge >= 0.3 is 0 Å². The molecule has 0 radical (unpaired) electrons. The molecular weight excluding hydrogens is 344 g/mol. The van der Waals surface area contributed by atoms with Crippen molar-refractivity contribution < 1.29 is 19.1 Å². The molecule has 1 aliphatic rings. The third-order valence-corrected chi connectivity index (χ3v) is 4.77. The number of carbonyl (C=O) groups is 2. The van der Waals surface area contributed by atoms with Gasteiger partial charge in [0.15, 0.2) is 11.5 Å². The van der Waals surface area contributed by atoms with Crippen molar-refractivity contribution in [1.82, 2.24) is 10.6 Å². The lowest BCUT2D eigenvalue weighted by Gasteiger charge is -2.13. The predicted octanol–water partition coefficient (Wildman–Crippen LogP) is 2.90. The number of hydrogen-bond acceptors (Lipinski definition) is 4. The van der Waals surface area contributed by atoms with Crippen LogP contribution in [0.15, 0.2) is 18.2 Å². The van der Waals surface area contributed by atoms with E-state index >= 15 is 0 Å². The zero-order valence-corrected chi connectivity index (χ0v) is 16.8. The van der Waals surface area contributed by atoms with Crippen molar-refractivity contribution in [2.75, 3.05) is 20.3 Å². The van der Waals surface area contributed by atoms with Crippen molar-refractivity contribution in [3.05, 3.63) is 23.8 Å². The highest BCUT2D eigenvalue weighted by Gasteiger charge is 2.38. The summed E-state index contributed by atoms with van der Waals surface area (Å²) in [5.74, 6) is 2.56. The lowest BCUT2D eigenvalue weighted by molar-refractivity contribution is -0.123. The molecule has 2 N–H and O–H groups in total. The lowest BCUT2D eigenvalue weighted by atomic mass is 10.1. The van der Waals surface area contributed by atoms with E-state index in [0.717, 1.165) is 18.4 Å². The van der Waals surface area contributed by atoms with E-state index in [1.807, 2.05) is 18.2 Å². The maximum Gasteiger partial charge on any atom is 0.223 e. The van der Waals surface area contributed by atoms with Crippen LogP contribution in [0.2, 0.25) is 0 Å². The molecule has 2 atom stereocenters. The molecule has 0 bridgehead atoms. The first-order chi connectivity index (χ1) is 12.9. The van der Waals surface area contributed by atoms with E-state index in [1.54, 1.807) is 7.11 Å². The van der Waals surface area contributed by atoms with Crippen molar-refractivity contribution in [2.45, 2.75) is 46.6 Å². The van der Waals surface area contributed by atoms with E-state index in [0.29, 0.717) is 43.0 Å². The highest BCUT2D eigenvalue weighted by Crippen LogP contribution is 2.37. The van der Waals surface area contributed by atoms with E-state index in [2.05, 4.69) is 31.4 Å². The van der Waals surface area contributed by atoms with E-state index in [1.165, 1.54) is 0 Å². The standard InChI is InChI=1S/C21H32N2O4/c1-14(2)8-10-27-18-6-5-16(12-19(18)26-4)13-23-20(24)7-9-22-21(25)17-11-15(17)3/h5-6,12,14-15,17H,7-11,13H2,1-4H3,(H,22,25)(H,23,24). The van der Waals surface area contributed by atoms with Gasteiger partial charge in [0.05, 0.1) is 13.7 Å². The Morgan fingerprint density at radius 3 is 2.59 bits per heavy atom. The predicted molar refractivity (Wildman–Crippen MR) is 105 cm³/mol. The highest BCUT2D eigenvalue weighted by atomic mass is 16.5. The maximum atomic E-state index is 12.0. The van der Waals surface area contributed by atoms with Gasteiger partial charge in [-0.05, 0) is 42.4 Å². The Bertz CT molecular complexity index is 645. The number of benzene rings is 1. The van der Waals surface area contributed by atoms with Gasteiger partial charge in [0.1, 0.15) is 0 Å². The molecule has 1 aromatic carbocycles. The molecule has 27 heavy (non-hydrogen) atoms. The Hall–Kier alpha value is -2.24. The average molecular weight is 376 g/mol. The zero-order valence-electron chi connectivity index (χ0n) is 16.8. The fraction of sp³-hybridized carbons (Fsp3) is 0.619. The summed E-state index contributed by atoms with van der Waals surface area (Å²) in [6, 6.07) is 5.67. The second kappa shape index (κ2) is 10.2. The van der Waals surface area contributed by atoms with Crippen LogP contribution in [-0.2, 0) is 16.1 Å². The summed E-state index contributed by atoms with van der Waals surface area (Å²) in [5.41, 5.74) is 0.937. The number of hydrogen-bond donors (Lipinski definition) is 2. The van der Waals surface area contributed by atoms with Crippen molar-refractivity contribution in [1.29, 1.82) is 0 Å². The minimum atomic E-state index is -0.0876. The van der Waals surface area contributed by atoms with E-state index in [4.69, 9.17) is 9.47 Å². The molecule has 2 amide bonds. The summed E-state index contributed by atoms with van der Waals surface area (Å²) in [7, 11) is 1.61. The van der Waals surface area contributed by atoms with Gasteiger partial charge < -0.3 is 20.1 Å². The second-order valence-corrected chi connectivity index (χ2v) is 7.65. The number of carbonyl (C=O) groups excluding carboxylic acids is 2. The van der Waals surface area contributed by atoms with E-state index < -0.39 is 0 Å². The number of rotatable bonds is 11. The largest absolute Gasteiger partial charge is 0.493 e. The van der Waals surface area contributed by atoms with Crippen molar-refractivity contribution >= 4 is 11.8 Å². The summed E-state index contributed by atoms with van der Waals surface area (Å²) in [4.78, 5) is 23.7. The third-order valence-electron chi connectivity index (χ3n) is 4.77. The van der Waals surface area contributed by atoms with Gasteiger partial charge in [-0.1, -0.05) is 26.8 Å². The fourth-order valence-corrected chi connectivity index (χ4v) is 2.75. The molecule has 1 fully saturated rings. The fourth-order valence-electron chi connectivity index (χ4n) is 2.75. The third kappa shape index (κ3) is 7.12. The molecule has 0 saturated heterocycles. The first-order valence-electron chi connectivity index (χ1n) is 9.74. The van der Waals surface area contributed by atoms with Crippen LogP contribution in [-0.4, -0.2) is 32.1 Å². The zero-order chi connectivity index (χ0) is 19.8. The van der Waals surface area contributed by atoms with Gasteiger partial charge in [-0.15, -0.1) is 0 Å². The molecule has 0 aromatic heterocycles. The summed E-state index contributed by atoms with van der Waals surface area (Å²) in [6.45, 7) is 7.81. The number of ether oxygens (including phenoxy) is 2. The molecule has 0 heterocycles. The molecule has 2 unspecified atom stereocenters. The highest BCUT2D eigenvalue weighted by molar-refractivity contribution is 5.82. The number of nitrogens with one attached hydrogen (secondary N) is 2. The summed E-state index contributed by atoms with van der Waals surface area (Å²) >= 11 is 0. The van der Waals surface area contributed by atoms with Crippen molar-refractivity contribution in [3.63, 3.8) is 0 Å².